The van der Waals surface area contributed by atoms with E-state index >= 15 is 0 Å². The molecule has 0 fully saturated rings. The molecule has 21 heavy (non-hydrogen) atoms. The van der Waals surface area contributed by atoms with Crippen molar-refractivity contribution in [1.82, 2.24) is 10.6 Å². The fraction of sp³-hybridized carbons (Fsp3) is 0.467. The van der Waals surface area contributed by atoms with Crippen molar-refractivity contribution in [3.63, 3.8) is 0 Å². The quantitative estimate of drug-likeness (QED) is 0.619. The van der Waals surface area contributed by atoms with Gasteiger partial charge in [-0.15, -0.1) is 0 Å². The van der Waals surface area contributed by atoms with Gasteiger partial charge in [-0.3, -0.25) is 4.79 Å². The number of carboxylic acid groups (broad SMARTS) is 1. The van der Waals surface area contributed by atoms with E-state index < -0.39 is 17.4 Å². The minimum atomic E-state index is -0.957. The zero-order chi connectivity index (χ0) is 15.9. The predicted molar refractivity (Wildman–Crippen MR) is 82.3 cm³/mol. The summed E-state index contributed by atoms with van der Waals surface area (Å²) in [7, 11) is 1.83. The third-order valence-electron chi connectivity index (χ3n) is 3.57. The summed E-state index contributed by atoms with van der Waals surface area (Å²) >= 11 is 0. The second-order valence-electron chi connectivity index (χ2n) is 5.21. The normalized spacial score (nSPS) is 13.3. The smallest absolute Gasteiger partial charge is 0.319 e. The maximum atomic E-state index is 11.9. The largest absolute Gasteiger partial charge is 0.481 e. The number of carbonyl (C=O) groups excluding carboxylic acids is 1. The van der Waals surface area contributed by atoms with Crippen LogP contribution in [-0.2, 0) is 11.3 Å². The van der Waals surface area contributed by atoms with Crippen molar-refractivity contribution in [2.75, 3.05) is 18.9 Å². The van der Waals surface area contributed by atoms with E-state index in [0.29, 0.717) is 18.7 Å². The Morgan fingerprint density at radius 3 is 2.52 bits per heavy atom. The van der Waals surface area contributed by atoms with Crippen LogP contribution in [0.1, 0.15) is 25.8 Å². The molecule has 1 aromatic rings. The van der Waals surface area contributed by atoms with E-state index in [1.165, 1.54) is 0 Å². The monoisotopic (exact) mass is 293 g/mol. The van der Waals surface area contributed by atoms with Crippen molar-refractivity contribution >= 4 is 17.7 Å². The Morgan fingerprint density at radius 1 is 1.29 bits per heavy atom. The first kappa shape index (κ1) is 17.0. The molecule has 0 spiro atoms. The van der Waals surface area contributed by atoms with E-state index in [1.54, 1.807) is 13.8 Å². The molecule has 1 unspecified atom stereocenters. The third kappa shape index (κ3) is 4.75. The number of aliphatic carboxylic acids is 1. The van der Waals surface area contributed by atoms with Gasteiger partial charge in [-0.1, -0.05) is 25.1 Å². The molecule has 0 aromatic heterocycles. The minimum absolute atomic E-state index is 0.0822. The van der Waals surface area contributed by atoms with Gasteiger partial charge in [0.15, 0.2) is 0 Å². The first-order valence-corrected chi connectivity index (χ1v) is 6.93. The molecular formula is C15H23N3O3. The number of carbonyl (C=O) groups is 2. The van der Waals surface area contributed by atoms with E-state index in [4.69, 9.17) is 5.11 Å². The predicted octanol–water partition coefficient (Wildman–Crippen LogP) is 2.03. The molecule has 1 aromatic carbocycles. The summed E-state index contributed by atoms with van der Waals surface area (Å²) in [6.07, 6.45) is 0.443. The lowest BCUT2D eigenvalue weighted by Gasteiger charge is -2.23. The molecule has 0 bridgehead atoms. The molecule has 0 saturated heterocycles. The molecule has 6 nitrogen and oxygen atoms in total. The molecule has 0 heterocycles. The van der Waals surface area contributed by atoms with E-state index in [9.17, 15) is 9.59 Å². The molecular weight excluding hydrogens is 270 g/mol. The molecule has 2 amide bonds. The number of anilines is 1. The zero-order valence-electron chi connectivity index (χ0n) is 12.7. The van der Waals surface area contributed by atoms with Crippen molar-refractivity contribution in [3.05, 3.63) is 29.8 Å². The minimum Gasteiger partial charge on any atom is -0.481 e. The van der Waals surface area contributed by atoms with Crippen molar-refractivity contribution < 1.29 is 14.7 Å². The number of carboxylic acids is 1. The maximum Gasteiger partial charge on any atom is 0.319 e. The molecule has 0 aliphatic carbocycles. The van der Waals surface area contributed by atoms with Crippen LogP contribution in [0.25, 0.3) is 0 Å². The highest BCUT2D eigenvalue weighted by Gasteiger charge is 2.31. The highest BCUT2D eigenvalue weighted by atomic mass is 16.4. The number of benzene rings is 1. The van der Waals surface area contributed by atoms with Crippen molar-refractivity contribution in [2.24, 2.45) is 5.41 Å². The van der Waals surface area contributed by atoms with Crippen LogP contribution in [0.4, 0.5) is 10.5 Å². The number of rotatable bonds is 7. The summed E-state index contributed by atoms with van der Waals surface area (Å²) in [4.78, 5) is 23.1. The maximum absolute atomic E-state index is 11.9. The summed E-state index contributed by atoms with van der Waals surface area (Å²) in [5.41, 5.74) is 0.714. The first-order valence-electron chi connectivity index (χ1n) is 6.93. The average Bonchev–Trinajstić information content (AvgIpc) is 2.47. The second-order valence-corrected chi connectivity index (χ2v) is 5.21. The standard InChI is InChI=1S/C15H23N3O3/c1-4-15(2,13(19)20)10-17-14(21)18-12-8-6-5-7-11(12)9-16-3/h5-8,16H,4,9-10H2,1-3H3,(H,19,20)(H2,17,18,21). The van der Waals surface area contributed by atoms with Crippen LogP contribution in [0, 0.1) is 5.41 Å². The van der Waals surface area contributed by atoms with Crippen LogP contribution in [0.3, 0.4) is 0 Å². The van der Waals surface area contributed by atoms with Crippen molar-refractivity contribution in [1.29, 1.82) is 0 Å². The van der Waals surface area contributed by atoms with Gasteiger partial charge < -0.3 is 21.1 Å². The van der Waals surface area contributed by atoms with Crippen LogP contribution in [0.5, 0.6) is 0 Å². The molecule has 4 N–H and O–H groups in total. The Morgan fingerprint density at radius 2 is 1.95 bits per heavy atom. The number of hydrogen-bond donors (Lipinski definition) is 4. The SMILES string of the molecule is CCC(C)(CNC(=O)Nc1ccccc1CNC)C(=O)O. The van der Waals surface area contributed by atoms with Gasteiger partial charge in [0.05, 0.1) is 5.41 Å². The van der Waals surface area contributed by atoms with Gasteiger partial charge in [0.2, 0.25) is 0 Å². The number of para-hydroxylation sites is 1. The van der Waals surface area contributed by atoms with Crippen LogP contribution >= 0.6 is 0 Å². The number of urea groups is 1. The molecule has 116 valence electrons. The highest BCUT2D eigenvalue weighted by Crippen LogP contribution is 2.20. The molecule has 0 aliphatic heterocycles. The zero-order valence-corrected chi connectivity index (χ0v) is 12.7. The Hall–Kier alpha value is -2.08. The molecule has 1 atom stereocenters. The third-order valence-corrected chi connectivity index (χ3v) is 3.57. The van der Waals surface area contributed by atoms with Crippen LogP contribution in [-0.4, -0.2) is 30.7 Å². The molecule has 0 aliphatic rings. The van der Waals surface area contributed by atoms with Crippen LogP contribution < -0.4 is 16.0 Å². The van der Waals surface area contributed by atoms with E-state index in [1.807, 2.05) is 31.3 Å². The summed E-state index contributed by atoms with van der Waals surface area (Å²) in [5.74, 6) is -0.916. The molecule has 0 radical (unpaired) electrons. The topological polar surface area (TPSA) is 90.5 Å². The van der Waals surface area contributed by atoms with Crippen molar-refractivity contribution in [3.8, 4) is 0 Å². The van der Waals surface area contributed by atoms with Gasteiger partial charge in [-0.2, -0.15) is 0 Å². The van der Waals surface area contributed by atoms with Gasteiger partial charge in [0, 0.05) is 18.8 Å². The second kappa shape index (κ2) is 7.64. The van der Waals surface area contributed by atoms with Crippen LogP contribution in [0.2, 0.25) is 0 Å². The van der Waals surface area contributed by atoms with E-state index in [0.717, 1.165) is 5.56 Å². The first-order chi connectivity index (χ1) is 9.92. The Balaban J connectivity index is 2.64. The van der Waals surface area contributed by atoms with Gasteiger partial charge in [0.1, 0.15) is 0 Å². The van der Waals surface area contributed by atoms with Crippen LogP contribution in [0.15, 0.2) is 24.3 Å². The van der Waals surface area contributed by atoms with Gasteiger partial charge >= 0.3 is 12.0 Å². The summed E-state index contributed by atoms with van der Waals surface area (Å²) in [6, 6.07) is 7.05. The fourth-order valence-electron chi connectivity index (χ4n) is 1.78. The van der Waals surface area contributed by atoms with E-state index in [-0.39, 0.29) is 6.54 Å². The summed E-state index contributed by atoms with van der Waals surface area (Å²) in [6.45, 7) is 4.12. The van der Waals surface area contributed by atoms with Gasteiger partial charge in [0.25, 0.3) is 0 Å². The van der Waals surface area contributed by atoms with Gasteiger partial charge in [-0.05, 0) is 32.0 Å². The highest BCUT2D eigenvalue weighted by molar-refractivity contribution is 5.90. The average molecular weight is 293 g/mol. The Bertz CT molecular complexity index is 505. The lowest BCUT2D eigenvalue weighted by Crippen LogP contribution is -2.42. The Labute approximate surface area is 124 Å². The fourth-order valence-corrected chi connectivity index (χ4v) is 1.78. The summed E-state index contributed by atoms with van der Waals surface area (Å²) < 4.78 is 0. The lowest BCUT2D eigenvalue weighted by molar-refractivity contribution is -0.147. The van der Waals surface area contributed by atoms with Crippen molar-refractivity contribution in [2.45, 2.75) is 26.8 Å². The number of amides is 2. The molecule has 1 rings (SSSR count). The number of hydrogen-bond acceptors (Lipinski definition) is 3. The molecule has 0 saturated carbocycles. The lowest BCUT2D eigenvalue weighted by atomic mass is 9.88. The number of nitrogens with one attached hydrogen (secondary N) is 3. The van der Waals surface area contributed by atoms with E-state index in [2.05, 4.69) is 16.0 Å². The Kier molecular flexibility index (Phi) is 6.17. The van der Waals surface area contributed by atoms with Gasteiger partial charge in [-0.25, -0.2) is 4.79 Å². The molecule has 6 heteroatoms. The summed E-state index contributed by atoms with van der Waals surface area (Å²) in [5, 5.41) is 17.6.